The molecule has 31 heavy (non-hydrogen) atoms. The maximum absolute atomic E-state index is 14.6. The standard InChI is InChI=1S/C17H14F7N5O2/c1-15(2,30)13(9-4-3-8(5-10(9)18)31-17(22,23)24)28-12-6-11(16(19,20)21)27-14-25-7-26-29(12)14/h3-7,13,28,30H,1-2H3/t13-/m0/s1. The van der Waals surface area contributed by atoms with Gasteiger partial charge in [0.25, 0.3) is 5.78 Å². The minimum atomic E-state index is -5.05. The summed E-state index contributed by atoms with van der Waals surface area (Å²) in [6, 6.07) is 1.34. The molecule has 0 saturated carbocycles. The van der Waals surface area contributed by atoms with E-state index in [2.05, 4.69) is 25.1 Å². The molecule has 0 aliphatic rings. The molecule has 1 atom stereocenters. The van der Waals surface area contributed by atoms with Crippen molar-refractivity contribution in [3.05, 3.63) is 47.7 Å². The Labute approximate surface area is 169 Å². The molecule has 168 valence electrons. The number of fused-ring (bicyclic) bond motifs is 1. The fourth-order valence-electron chi connectivity index (χ4n) is 2.78. The average molecular weight is 453 g/mol. The van der Waals surface area contributed by atoms with Gasteiger partial charge in [0, 0.05) is 17.7 Å². The van der Waals surface area contributed by atoms with E-state index >= 15 is 0 Å². The second-order valence-electron chi connectivity index (χ2n) is 6.96. The van der Waals surface area contributed by atoms with Gasteiger partial charge in [-0.1, -0.05) is 6.07 Å². The van der Waals surface area contributed by atoms with E-state index in [1.165, 1.54) is 13.8 Å². The molecule has 2 aromatic heterocycles. The molecule has 0 fully saturated rings. The predicted octanol–water partition coefficient (Wildman–Crippen LogP) is 4.10. The quantitative estimate of drug-likeness (QED) is 0.566. The zero-order valence-electron chi connectivity index (χ0n) is 15.8. The van der Waals surface area contributed by atoms with Crippen LogP contribution in [0.1, 0.15) is 31.1 Å². The van der Waals surface area contributed by atoms with Crippen LogP contribution in [0.3, 0.4) is 0 Å². The van der Waals surface area contributed by atoms with Crippen molar-refractivity contribution in [1.82, 2.24) is 19.6 Å². The smallest absolute Gasteiger partial charge is 0.406 e. The number of halogens is 7. The van der Waals surface area contributed by atoms with Crippen molar-refractivity contribution >= 4 is 11.6 Å². The van der Waals surface area contributed by atoms with Gasteiger partial charge in [-0.25, -0.2) is 9.37 Å². The first-order valence-corrected chi connectivity index (χ1v) is 8.47. The summed E-state index contributed by atoms with van der Waals surface area (Å²) in [6.07, 6.45) is -8.95. The number of aliphatic hydroxyl groups is 1. The van der Waals surface area contributed by atoms with E-state index in [1.54, 1.807) is 0 Å². The number of benzene rings is 1. The Balaban J connectivity index is 2.06. The molecule has 7 nitrogen and oxygen atoms in total. The van der Waals surface area contributed by atoms with Crippen LogP contribution in [0.15, 0.2) is 30.6 Å². The molecule has 2 heterocycles. The molecule has 14 heteroatoms. The minimum absolute atomic E-state index is 0.333. The fourth-order valence-corrected chi connectivity index (χ4v) is 2.78. The highest BCUT2D eigenvalue weighted by Crippen LogP contribution is 2.35. The number of hydrogen-bond donors (Lipinski definition) is 2. The number of hydrogen-bond acceptors (Lipinski definition) is 6. The number of ether oxygens (including phenoxy) is 1. The van der Waals surface area contributed by atoms with Crippen LogP contribution in [0.4, 0.5) is 36.6 Å². The molecule has 0 bridgehead atoms. The molecule has 0 amide bonds. The summed E-state index contributed by atoms with van der Waals surface area (Å²) < 4.78 is 95.7. The number of anilines is 1. The van der Waals surface area contributed by atoms with Gasteiger partial charge < -0.3 is 15.2 Å². The largest absolute Gasteiger partial charge is 0.573 e. The highest BCUT2D eigenvalue weighted by molar-refractivity contribution is 5.48. The Morgan fingerprint density at radius 3 is 2.32 bits per heavy atom. The molecule has 0 aliphatic carbocycles. The molecule has 0 spiro atoms. The number of nitrogens with one attached hydrogen (secondary N) is 1. The van der Waals surface area contributed by atoms with E-state index in [1.807, 2.05) is 0 Å². The first-order chi connectivity index (χ1) is 14.1. The molecule has 2 N–H and O–H groups in total. The van der Waals surface area contributed by atoms with Gasteiger partial charge in [0.15, 0.2) is 5.69 Å². The Kier molecular flexibility index (Phi) is 5.46. The zero-order valence-corrected chi connectivity index (χ0v) is 15.8. The molecule has 0 aliphatic heterocycles. The topological polar surface area (TPSA) is 84.6 Å². The summed E-state index contributed by atoms with van der Waals surface area (Å²) in [5, 5.41) is 16.8. The second kappa shape index (κ2) is 7.51. The van der Waals surface area contributed by atoms with Crippen molar-refractivity contribution < 1.29 is 40.6 Å². The monoisotopic (exact) mass is 453 g/mol. The molecular formula is C17H14F7N5O2. The van der Waals surface area contributed by atoms with Gasteiger partial charge in [0.1, 0.15) is 23.7 Å². The SMILES string of the molecule is CC(C)(O)[C@@H](Nc1cc(C(F)(F)F)nc2ncnn12)c1ccc(OC(F)(F)F)cc1F. The first-order valence-electron chi connectivity index (χ1n) is 8.47. The van der Waals surface area contributed by atoms with Crippen LogP contribution in [0, 0.1) is 5.82 Å². The highest BCUT2D eigenvalue weighted by Gasteiger charge is 2.37. The lowest BCUT2D eigenvalue weighted by molar-refractivity contribution is -0.274. The van der Waals surface area contributed by atoms with Crippen molar-refractivity contribution in [2.75, 3.05) is 5.32 Å². The van der Waals surface area contributed by atoms with Crippen LogP contribution in [-0.4, -0.2) is 36.7 Å². The summed E-state index contributed by atoms with van der Waals surface area (Å²) in [6.45, 7) is 2.46. The van der Waals surface area contributed by atoms with E-state index in [4.69, 9.17) is 0 Å². The van der Waals surface area contributed by atoms with Crippen molar-refractivity contribution in [3.8, 4) is 5.75 Å². The maximum atomic E-state index is 14.6. The molecule has 3 rings (SSSR count). The lowest BCUT2D eigenvalue weighted by atomic mass is 9.91. The minimum Gasteiger partial charge on any atom is -0.406 e. The summed E-state index contributed by atoms with van der Waals surface area (Å²) in [5.74, 6) is -2.79. The van der Waals surface area contributed by atoms with E-state index in [9.17, 15) is 35.8 Å². The summed E-state index contributed by atoms with van der Waals surface area (Å²) in [7, 11) is 0. The lowest BCUT2D eigenvalue weighted by Crippen LogP contribution is -2.35. The van der Waals surface area contributed by atoms with Gasteiger partial charge in [-0.05, 0) is 19.9 Å². The number of rotatable bonds is 5. The summed E-state index contributed by atoms with van der Waals surface area (Å²) >= 11 is 0. The zero-order chi connectivity index (χ0) is 23.2. The average Bonchev–Trinajstić information content (AvgIpc) is 3.06. The molecule has 1 aromatic carbocycles. The van der Waals surface area contributed by atoms with Crippen LogP contribution in [-0.2, 0) is 6.18 Å². The Bertz CT molecular complexity index is 1090. The van der Waals surface area contributed by atoms with E-state index < -0.39 is 47.2 Å². The number of alkyl halides is 6. The van der Waals surface area contributed by atoms with Gasteiger partial charge in [0.2, 0.25) is 0 Å². The van der Waals surface area contributed by atoms with Crippen molar-refractivity contribution in [2.45, 2.75) is 38.0 Å². The third-order valence-corrected chi connectivity index (χ3v) is 4.06. The Morgan fingerprint density at radius 2 is 1.77 bits per heavy atom. The van der Waals surface area contributed by atoms with Gasteiger partial charge in [-0.2, -0.15) is 27.8 Å². The number of aromatic nitrogens is 4. The van der Waals surface area contributed by atoms with Gasteiger partial charge >= 0.3 is 12.5 Å². The Morgan fingerprint density at radius 1 is 1.10 bits per heavy atom. The van der Waals surface area contributed by atoms with E-state index in [-0.39, 0.29) is 11.4 Å². The van der Waals surface area contributed by atoms with E-state index in [0.29, 0.717) is 12.1 Å². The van der Waals surface area contributed by atoms with Gasteiger partial charge in [-0.15, -0.1) is 13.2 Å². The van der Waals surface area contributed by atoms with Crippen LogP contribution in [0.25, 0.3) is 5.78 Å². The molecule has 0 saturated heterocycles. The number of nitrogens with zero attached hydrogens (tertiary/aromatic N) is 4. The van der Waals surface area contributed by atoms with Crippen molar-refractivity contribution in [1.29, 1.82) is 0 Å². The second-order valence-corrected chi connectivity index (χ2v) is 6.96. The predicted molar refractivity (Wildman–Crippen MR) is 91.5 cm³/mol. The third kappa shape index (κ3) is 5.13. The van der Waals surface area contributed by atoms with Crippen LogP contribution in [0.2, 0.25) is 0 Å². The molecule has 0 unspecified atom stereocenters. The van der Waals surface area contributed by atoms with E-state index in [0.717, 1.165) is 23.0 Å². The molecule has 3 aromatic rings. The van der Waals surface area contributed by atoms with Crippen molar-refractivity contribution in [2.24, 2.45) is 0 Å². The van der Waals surface area contributed by atoms with Crippen LogP contribution < -0.4 is 10.1 Å². The maximum Gasteiger partial charge on any atom is 0.573 e. The lowest BCUT2D eigenvalue weighted by Gasteiger charge is -2.32. The third-order valence-electron chi connectivity index (χ3n) is 4.06. The highest BCUT2D eigenvalue weighted by atomic mass is 19.4. The molecule has 0 radical (unpaired) electrons. The van der Waals surface area contributed by atoms with Gasteiger partial charge in [0.05, 0.1) is 11.6 Å². The van der Waals surface area contributed by atoms with Gasteiger partial charge in [-0.3, -0.25) is 0 Å². The fraction of sp³-hybridized carbons (Fsp3) is 0.353. The van der Waals surface area contributed by atoms with Crippen LogP contribution in [0.5, 0.6) is 5.75 Å². The molecular weight excluding hydrogens is 439 g/mol. The summed E-state index contributed by atoms with van der Waals surface area (Å²) in [5.41, 5.74) is -3.44. The summed E-state index contributed by atoms with van der Waals surface area (Å²) in [4.78, 5) is 6.94. The first kappa shape index (κ1) is 22.5. The normalized spacial score (nSPS) is 14.0. The van der Waals surface area contributed by atoms with Crippen LogP contribution >= 0.6 is 0 Å². The Hall–Kier alpha value is -3.16. The van der Waals surface area contributed by atoms with Crippen molar-refractivity contribution in [3.63, 3.8) is 0 Å².